The highest BCUT2D eigenvalue weighted by atomic mass is 16.6. The number of aromatic nitrogens is 2. The lowest BCUT2D eigenvalue weighted by Crippen LogP contribution is -2.57. The highest BCUT2D eigenvalue weighted by Crippen LogP contribution is 2.36. The van der Waals surface area contributed by atoms with Crippen molar-refractivity contribution in [1.29, 1.82) is 0 Å². The van der Waals surface area contributed by atoms with Crippen LogP contribution in [0.3, 0.4) is 0 Å². The normalized spacial score (nSPS) is 19.7. The number of rotatable bonds is 11. The van der Waals surface area contributed by atoms with Crippen molar-refractivity contribution < 1.29 is 23.9 Å². The zero-order valence-corrected chi connectivity index (χ0v) is 26.6. The monoisotopic (exact) mass is 573 g/mol. The van der Waals surface area contributed by atoms with E-state index in [-0.39, 0.29) is 40.9 Å². The maximum atomic E-state index is 14.3. The molecule has 1 aliphatic carbocycles. The molecule has 41 heavy (non-hydrogen) atoms. The van der Waals surface area contributed by atoms with Gasteiger partial charge >= 0.3 is 6.09 Å². The van der Waals surface area contributed by atoms with E-state index in [1.165, 1.54) is 0 Å². The van der Waals surface area contributed by atoms with Gasteiger partial charge in [0.1, 0.15) is 28.6 Å². The summed E-state index contributed by atoms with van der Waals surface area (Å²) in [5, 5.41) is 3.34. The zero-order chi connectivity index (χ0) is 30.5. The minimum atomic E-state index is -0.664. The minimum absolute atomic E-state index is 0.0646. The van der Waals surface area contributed by atoms with Crippen molar-refractivity contribution in [1.82, 2.24) is 19.8 Å². The average Bonchev–Trinajstić information content (AvgIpc) is 3.72. The number of Topliss-reactive ketones (excluding diaryl/α,β-unsaturated/α-hetero) is 1. The Morgan fingerprint density at radius 3 is 2.34 bits per heavy atom. The Kier molecular flexibility index (Phi) is 10.8. The SMILES string of the molecule is COCCCNc1nc(C(C)(C)C)ncc1C(=O)N(CC(C)C)[C@H]1C[C@@H](C(=O)C2CC2)CN(C(=O)OC(C)(C)C)C1. The summed E-state index contributed by atoms with van der Waals surface area (Å²) < 4.78 is 10.9. The minimum Gasteiger partial charge on any atom is -0.444 e. The number of hydrogen-bond acceptors (Lipinski definition) is 8. The number of anilines is 1. The molecule has 2 aliphatic rings. The van der Waals surface area contributed by atoms with Crippen LogP contribution in [0, 0.1) is 17.8 Å². The van der Waals surface area contributed by atoms with Crippen LogP contribution in [-0.4, -0.2) is 89.1 Å². The third kappa shape index (κ3) is 9.38. The molecule has 0 aromatic carbocycles. The third-order valence-electron chi connectivity index (χ3n) is 7.23. The summed E-state index contributed by atoms with van der Waals surface area (Å²) in [5.74, 6) is 1.02. The van der Waals surface area contributed by atoms with Crippen LogP contribution in [0.15, 0.2) is 6.20 Å². The van der Waals surface area contributed by atoms with Crippen LogP contribution >= 0.6 is 0 Å². The second-order valence-corrected chi connectivity index (χ2v) is 14.0. The van der Waals surface area contributed by atoms with Gasteiger partial charge in [0.15, 0.2) is 0 Å². The number of methoxy groups -OCH3 is 1. The molecule has 0 spiro atoms. The molecule has 2 fully saturated rings. The van der Waals surface area contributed by atoms with Gasteiger partial charge in [0, 0.05) is 63.3 Å². The van der Waals surface area contributed by atoms with Crippen LogP contribution in [0.4, 0.5) is 10.6 Å². The predicted octanol–water partition coefficient (Wildman–Crippen LogP) is 4.93. The van der Waals surface area contributed by atoms with E-state index in [4.69, 9.17) is 14.5 Å². The maximum Gasteiger partial charge on any atom is 0.410 e. The number of nitrogens with zero attached hydrogens (tertiary/aromatic N) is 4. The van der Waals surface area contributed by atoms with Crippen molar-refractivity contribution >= 4 is 23.6 Å². The van der Waals surface area contributed by atoms with E-state index in [9.17, 15) is 14.4 Å². The van der Waals surface area contributed by atoms with Gasteiger partial charge < -0.3 is 24.6 Å². The van der Waals surface area contributed by atoms with Gasteiger partial charge in [-0.2, -0.15) is 0 Å². The fourth-order valence-corrected chi connectivity index (χ4v) is 5.08. The quantitative estimate of drug-likeness (QED) is 0.371. The van der Waals surface area contributed by atoms with Crippen LogP contribution < -0.4 is 5.32 Å². The molecule has 10 heteroatoms. The summed E-state index contributed by atoms with van der Waals surface area (Å²) in [4.78, 5) is 53.6. The van der Waals surface area contributed by atoms with Gasteiger partial charge in [-0.3, -0.25) is 9.59 Å². The number of likely N-dealkylation sites (tertiary alicyclic amines) is 1. The van der Waals surface area contributed by atoms with Crippen LogP contribution in [0.25, 0.3) is 0 Å². The molecule has 10 nitrogen and oxygen atoms in total. The molecule has 1 saturated heterocycles. The maximum absolute atomic E-state index is 14.3. The Hall–Kier alpha value is -2.75. The van der Waals surface area contributed by atoms with Gasteiger partial charge in [-0.25, -0.2) is 14.8 Å². The molecule has 1 N–H and O–H groups in total. The van der Waals surface area contributed by atoms with E-state index >= 15 is 0 Å². The number of carbonyl (C=O) groups excluding carboxylic acids is 3. The van der Waals surface area contributed by atoms with Crippen molar-refractivity contribution in [2.45, 2.75) is 98.1 Å². The van der Waals surface area contributed by atoms with Crippen molar-refractivity contribution in [3.05, 3.63) is 17.6 Å². The average molecular weight is 574 g/mol. The zero-order valence-electron chi connectivity index (χ0n) is 26.6. The summed E-state index contributed by atoms with van der Waals surface area (Å²) >= 11 is 0. The Morgan fingerprint density at radius 2 is 1.78 bits per heavy atom. The third-order valence-corrected chi connectivity index (χ3v) is 7.23. The van der Waals surface area contributed by atoms with E-state index in [0.29, 0.717) is 56.4 Å². The predicted molar refractivity (Wildman–Crippen MR) is 159 cm³/mol. The summed E-state index contributed by atoms with van der Waals surface area (Å²) in [6, 6.07) is -0.345. The Bertz CT molecular complexity index is 1070. The van der Waals surface area contributed by atoms with Crippen LogP contribution in [0.2, 0.25) is 0 Å². The van der Waals surface area contributed by atoms with Gasteiger partial charge in [-0.15, -0.1) is 0 Å². The fourth-order valence-electron chi connectivity index (χ4n) is 5.08. The highest BCUT2D eigenvalue weighted by molar-refractivity contribution is 5.99. The lowest BCUT2D eigenvalue weighted by molar-refractivity contribution is -0.126. The highest BCUT2D eigenvalue weighted by Gasteiger charge is 2.43. The first kappa shape index (κ1) is 32.8. The van der Waals surface area contributed by atoms with Crippen molar-refractivity contribution in [2.24, 2.45) is 17.8 Å². The number of carbonyl (C=O) groups is 3. The molecule has 3 rings (SSSR count). The molecule has 1 saturated carbocycles. The number of nitrogens with one attached hydrogen (secondary N) is 1. The van der Waals surface area contributed by atoms with E-state index in [2.05, 4.69) is 24.1 Å². The molecule has 0 bridgehead atoms. The summed E-state index contributed by atoms with van der Waals surface area (Å²) in [7, 11) is 1.66. The molecule has 1 aromatic rings. The molecule has 2 amide bonds. The van der Waals surface area contributed by atoms with Gasteiger partial charge in [0.2, 0.25) is 0 Å². The molecule has 2 heterocycles. The Balaban J connectivity index is 1.97. The van der Waals surface area contributed by atoms with Crippen molar-refractivity contribution in [2.75, 3.05) is 45.2 Å². The van der Waals surface area contributed by atoms with Gasteiger partial charge in [0.05, 0.1) is 6.04 Å². The summed E-state index contributed by atoms with van der Waals surface area (Å²) in [6.07, 6.45) is 4.24. The number of ether oxygens (including phenoxy) is 2. The number of hydrogen-bond donors (Lipinski definition) is 1. The van der Waals surface area contributed by atoms with E-state index in [1.807, 2.05) is 46.4 Å². The molecule has 0 unspecified atom stereocenters. The van der Waals surface area contributed by atoms with Gasteiger partial charge in [0.25, 0.3) is 5.91 Å². The number of amides is 2. The molecule has 230 valence electrons. The Labute approximate surface area is 245 Å². The van der Waals surface area contributed by atoms with Crippen molar-refractivity contribution in [3.63, 3.8) is 0 Å². The second kappa shape index (κ2) is 13.5. The standard InChI is InChI=1S/C31H51N5O5/c1-20(2)17-36(27(38)24-16-33-28(30(3,4)5)34-26(24)32-13-10-14-40-9)23-15-22(25(37)21-11-12-21)18-35(19-23)29(39)41-31(6,7)8/h16,20-23H,10-15,17-19H2,1-9H3,(H,32,33,34)/t22-,23+/m1/s1. The van der Waals surface area contributed by atoms with Gasteiger partial charge in [-0.1, -0.05) is 34.6 Å². The molecular weight excluding hydrogens is 522 g/mol. The van der Waals surface area contributed by atoms with Gasteiger partial charge in [-0.05, 0) is 52.4 Å². The van der Waals surface area contributed by atoms with E-state index < -0.39 is 11.7 Å². The van der Waals surface area contributed by atoms with Crippen molar-refractivity contribution in [3.8, 4) is 0 Å². The van der Waals surface area contributed by atoms with E-state index in [0.717, 1.165) is 19.3 Å². The smallest absolute Gasteiger partial charge is 0.410 e. The Morgan fingerprint density at radius 1 is 1.10 bits per heavy atom. The first-order valence-electron chi connectivity index (χ1n) is 15.0. The largest absolute Gasteiger partial charge is 0.444 e. The molecule has 2 atom stereocenters. The topological polar surface area (TPSA) is 114 Å². The molecular formula is C31H51N5O5. The summed E-state index contributed by atoms with van der Waals surface area (Å²) in [5.41, 5.74) is -0.575. The fraction of sp³-hybridized carbons (Fsp3) is 0.774. The van der Waals surface area contributed by atoms with Crippen LogP contribution in [0.1, 0.15) is 97.3 Å². The molecule has 1 aromatic heterocycles. The van der Waals surface area contributed by atoms with Crippen LogP contribution in [0.5, 0.6) is 0 Å². The number of ketones is 1. The lowest BCUT2D eigenvalue weighted by Gasteiger charge is -2.43. The summed E-state index contributed by atoms with van der Waals surface area (Å²) in [6.45, 7) is 18.0. The van der Waals surface area contributed by atoms with Crippen LogP contribution in [-0.2, 0) is 19.7 Å². The first-order chi connectivity index (χ1) is 19.1. The number of piperidine rings is 1. The van der Waals surface area contributed by atoms with E-state index in [1.54, 1.807) is 18.2 Å². The lowest BCUT2D eigenvalue weighted by atomic mass is 9.87. The first-order valence-corrected chi connectivity index (χ1v) is 15.0. The molecule has 0 radical (unpaired) electrons. The second-order valence-electron chi connectivity index (χ2n) is 14.0. The molecule has 1 aliphatic heterocycles.